The minimum atomic E-state index is 0.394. The summed E-state index contributed by atoms with van der Waals surface area (Å²) in [7, 11) is 0. The van der Waals surface area contributed by atoms with Crippen molar-refractivity contribution in [2.45, 2.75) is 26.3 Å². The summed E-state index contributed by atoms with van der Waals surface area (Å²) in [6.45, 7) is 4.79. The minimum absolute atomic E-state index is 0.394. The molecule has 0 aliphatic carbocycles. The van der Waals surface area contributed by atoms with E-state index in [9.17, 15) is 0 Å². The van der Waals surface area contributed by atoms with Gasteiger partial charge < -0.3 is 5.73 Å². The first-order valence-corrected chi connectivity index (χ1v) is 4.47. The average molecular weight is 177 g/mol. The van der Waals surface area contributed by atoms with E-state index in [0.717, 1.165) is 12.0 Å². The first-order valence-electron chi connectivity index (χ1n) is 4.47. The van der Waals surface area contributed by atoms with E-state index in [-0.39, 0.29) is 0 Å². The molecule has 1 heterocycles. The van der Waals surface area contributed by atoms with Crippen molar-refractivity contribution in [1.29, 1.82) is 0 Å². The van der Waals surface area contributed by atoms with Crippen LogP contribution in [-0.4, -0.2) is 16.3 Å². The smallest absolute Gasteiger partial charge is 0.0646 e. The van der Waals surface area contributed by atoms with Crippen LogP contribution in [0.3, 0.4) is 0 Å². The lowest BCUT2D eigenvalue weighted by atomic mass is 10.3. The molecule has 0 aliphatic heterocycles. The Morgan fingerprint density at radius 1 is 1.62 bits per heavy atom. The second-order valence-corrected chi connectivity index (χ2v) is 3.14. The Balaban J connectivity index is 2.65. The summed E-state index contributed by atoms with van der Waals surface area (Å²) in [5.41, 5.74) is 6.28. The van der Waals surface area contributed by atoms with Crippen LogP contribution in [0, 0.1) is 11.8 Å². The molecule has 1 rings (SSSR count). The van der Waals surface area contributed by atoms with Crippen molar-refractivity contribution in [3.63, 3.8) is 0 Å². The molecule has 3 nitrogen and oxygen atoms in total. The Morgan fingerprint density at radius 2 is 2.38 bits per heavy atom. The average Bonchev–Trinajstić information content (AvgIpc) is 2.53. The normalized spacial score (nSPS) is 9.85. The second-order valence-electron chi connectivity index (χ2n) is 3.14. The molecule has 1 aromatic rings. The molecule has 0 bridgehead atoms. The van der Waals surface area contributed by atoms with Gasteiger partial charge in [-0.15, -0.1) is 0 Å². The van der Waals surface area contributed by atoms with Gasteiger partial charge in [-0.1, -0.05) is 11.8 Å². The second kappa shape index (κ2) is 4.68. The zero-order valence-electron chi connectivity index (χ0n) is 8.12. The Labute approximate surface area is 78.9 Å². The molecule has 0 radical (unpaired) electrons. The highest BCUT2D eigenvalue weighted by Gasteiger charge is 1.97. The highest BCUT2D eigenvalue weighted by Crippen LogP contribution is 2.03. The summed E-state index contributed by atoms with van der Waals surface area (Å²) >= 11 is 0. The molecule has 2 N–H and O–H groups in total. The third-order valence-corrected chi connectivity index (χ3v) is 1.63. The van der Waals surface area contributed by atoms with Gasteiger partial charge in [-0.3, -0.25) is 4.68 Å². The summed E-state index contributed by atoms with van der Waals surface area (Å²) in [4.78, 5) is 0. The van der Waals surface area contributed by atoms with Crippen molar-refractivity contribution < 1.29 is 0 Å². The Hall–Kier alpha value is -1.27. The maximum atomic E-state index is 5.32. The number of hydrogen-bond donors (Lipinski definition) is 1. The van der Waals surface area contributed by atoms with Crippen LogP contribution in [0.1, 0.15) is 31.9 Å². The van der Waals surface area contributed by atoms with Crippen molar-refractivity contribution >= 4 is 0 Å². The van der Waals surface area contributed by atoms with Gasteiger partial charge in [0.2, 0.25) is 0 Å². The number of nitrogens with zero attached hydrogens (tertiary/aromatic N) is 2. The van der Waals surface area contributed by atoms with Gasteiger partial charge >= 0.3 is 0 Å². The molecule has 0 unspecified atom stereocenters. The minimum Gasteiger partial charge on any atom is -0.330 e. The van der Waals surface area contributed by atoms with E-state index in [1.165, 1.54) is 0 Å². The van der Waals surface area contributed by atoms with Crippen molar-refractivity contribution in [1.82, 2.24) is 9.78 Å². The van der Waals surface area contributed by atoms with E-state index in [4.69, 9.17) is 5.73 Å². The first kappa shape index (κ1) is 9.82. The predicted octanol–water partition coefficient (Wildman–Crippen LogP) is 1.16. The largest absolute Gasteiger partial charge is 0.330 e. The molecule has 0 saturated carbocycles. The first-order chi connectivity index (χ1) is 6.24. The fourth-order valence-corrected chi connectivity index (χ4v) is 0.922. The van der Waals surface area contributed by atoms with Crippen molar-refractivity contribution in [2.24, 2.45) is 5.73 Å². The molecule has 3 heteroatoms. The third kappa shape index (κ3) is 2.92. The Bertz CT molecular complexity index is 314. The quantitative estimate of drug-likeness (QED) is 0.689. The van der Waals surface area contributed by atoms with E-state index < -0.39 is 0 Å². The van der Waals surface area contributed by atoms with Crippen molar-refractivity contribution in [3.05, 3.63) is 18.0 Å². The van der Waals surface area contributed by atoms with Crippen LogP contribution in [0.2, 0.25) is 0 Å². The summed E-state index contributed by atoms with van der Waals surface area (Å²) in [5, 5.41) is 4.18. The zero-order valence-corrected chi connectivity index (χ0v) is 8.12. The van der Waals surface area contributed by atoms with Gasteiger partial charge in [0.1, 0.15) is 0 Å². The van der Waals surface area contributed by atoms with Crippen molar-refractivity contribution in [3.8, 4) is 11.8 Å². The van der Waals surface area contributed by atoms with Crippen LogP contribution in [0.4, 0.5) is 0 Å². The molecule has 0 saturated heterocycles. The summed E-state index contributed by atoms with van der Waals surface area (Å²) in [5.74, 6) is 5.98. The molecule has 0 fully saturated rings. The molecule has 0 amide bonds. The topological polar surface area (TPSA) is 43.8 Å². The van der Waals surface area contributed by atoms with E-state index in [2.05, 4.69) is 30.8 Å². The highest BCUT2D eigenvalue weighted by atomic mass is 15.3. The van der Waals surface area contributed by atoms with Crippen LogP contribution in [0.5, 0.6) is 0 Å². The number of nitrogens with two attached hydrogens (primary N) is 1. The molecule has 70 valence electrons. The molecule has 0 aromatic carbocycles. The maximum absolute atomic E-state index is 5.32. The maximum Gasteiger partial charge on any atom is 0.0646 e. The molecule has 1 aromatic heterocycles. The van der Waals surface area contributed by atoms with Crippen LogP contribution in [0.15, 0.2) is 12.4 Å². The van der Waals surface area contributed by atoms with Crippen LogP contribution in [-0.2, 0) is 0 Å². The van der Waals surface area contributed by atoms with E-state index >= 15 is 0 Å². The molecular weight excluding hydrogens is 162 g/mol. The van der Waals surface area contributed by atoms with Gasteiger partial charge in [0.05, 0.1) is 11.8 Å². The molecule has 13 heavy (non-hydrogen) atoms. The summed E-state index contributed by atoms with van der Waals surface area (Å²) < 4.78 is 1.90. The van der Waals surface area contributed by atoms with Crippen LogP contribution < -0.4 is 5.73 Å². The van der Waals surface area contributed by atoms with Crippen molar-refractivity contribution in [2.75, 3.05) is 6.54 Å². The standard InChI is InChI=1S/C10H15N3/c1-9(2)13-8-10(7-12-13)5-3-4-6-11/h7-9H,4,6,11H2,1-2H3. The van der Waals surface area contributed by atoms with Gasteiger partial charge in [0.15, 0.2) is 0 Å². The Kier molecular flexibility index (Phi) is 3.53. The number of rotatable bonds is 2. The number of hydrogen-bond acceptors (Lipinski definition) is 2. The SMILES string of the molecule is CC(C)n1cc(C#CCCN)cn1. The van der Waals surface area contributed by atoms with Gasteiger partial charge in [0.25, 0.3) is 0 Å². The van der Waals surface area contributed by atoms with Gasteiger partial charge in [0, 0.05) is 25.2 Å². The van der Waals surface area contributed by atoms with Gasteiger partial charge in [-0.25, -0.2) is 0 Å². The lowest BCUT2D eigenvalue weighted by molar-refractivity contribution is 0.532. The monoisotopic (exact) mass is 177 g/mol. The Morgan fingerprint density at radius 3 is 2.92 bits per heavy atom. The molecule has 0 atom stereocenters. The van der Waals surface area contributed by atoms with Crippen LogP contribution >= 0.6 is 0 Å². The fourth-order valence-electron chi connectivity index (χ4n) is 0.922. The van der Waals surface area contributed by atoms with E-state index in [1.54, 1.807) is 6.20 Å². The molecule has 0 aliphatic rings. The third-order valence-electron chi connectivity index (χ3n) is 1.63. The van der Waals surface area contributed by atoms with E-state index in [0.29, 0.717) is 12.6 Å². The van der Waals surface area contributed by atoms with Gasteiger partial charge in [-0.2, -0.15) is 5.10 Å². The lowest BCUT2D eigenvalue weighted by Crippen LogP contribution is -1.99. The van der Waals surface area contributed by atoms with E-state index in [1.807, 2.05) is 10.9 Å². The highest BCUT2D eigenvalue weighted by molar-refractivity contribution is 5.29. The predicted molar refractivity (Wildman–Crippen MR) is 53.2 cm³/mol. The lowest BCUT2D eigenvalue weighted by Gasteiger charge is -2.02. The summed E-state index contributed by atoms with van der Waals surface area (Å²) in [6.07, 6.45) is 4.48. The number of aromatic nitrogens is 2. The fraction of sp³-hybridized carbons (Fsp3) is 0.500. The van der Waals surface area contributed by atoms with Gasteiger partial charge in [-0.05, 0) is 13.8 Å². The molecular formula is C10H15N3. The summed E-state index contributed by atoms with van der Waals surface area (Å²) in [6, 6.07) is 0.394. The van der Waals surface area contributed by atoms with Crippen LogP contribution in [0.25, 0.3) is 0 Å². The zero-order chi connectivity index (χ0) is 9.68. The molecule has 0 spiro atoms.